The van der Waals surface area contributed by atoms with Gasteiger partial charge in [0.15, 0.2) is 0 Å². The molecule has 0 atom stereocenters. The molecule has 2 rings (SSSR count). The second-order valence-corrected chi connectivity index (χ2v) is 4.37. The largest absolute Gasteiger partial charge is 0.288 e. The standard InChI is InChI=1S/C16H17N/c1-13-5-3-7-15(9-13)11-17-12-16-8-4-6-14(2)10-16/h3-11H,12H2,1-2H3. The van der Waals surface area contributed by atoms with Gasteiger partial charge in [0.05, 0.1) is 6.54 Å². The summed E-state index contributed by atoms with van der Waals surface area (Å²) in [6.07, 6.45) is 1.94. The molecule has 0 radical (unpaired) electrons. The van der Waals surface area contributed by atoms with Gasteiger partial charge >= 0.3 is 0 Å². The Morgan fingerprint density at radius 3 is 2.35 bits per heavy atom. The van der Waals surface area contributed by atoms with Crippen molar-refractivity contribution < 1.29 is 0 Å². The molecule has 1 heteroatoms. The van der Waals surface area contributed by atoms with Crippen LogP contribution in [0.4, 0.5) is 0 Å². The molecule has 0 fully saturated rings. The quantitative estimate of drug-likeness (QED) is 0.699. The van der Waals surface area contributed by atoms with Crippen LogP contribution in [0.2, 0.25) is 0 Å². The number of aryl methyl sites for hydroxylation is 2. The van der Waals surface area contributed by atoms with Gasteiger partial charge in [0.1, 0.15) is 0 Å². The second kappa shape index (κ2) is 5.44. The molecule has 2 aromatic carbocycles. The maximum absolute atomic E-state index is 4.47. The molecule has 0 aliphatic heterocycles. The van der Waals surface area contributed by atoms with Crippen LogP contribution in [0.1, 0.15) is 22.3 Å². The van der Waals surface area contributed by atoms with Crippen LogP contribution in [0.5, 0.6) is 0 Å². The molecular weight excluding hydrogens is 206 g/mol. The summed E-state index contributed by atoms with van der Waals surface area (Å²) in [6.45, 7) is 4.95. The molecule has 2 aromatic rings. The van der Waals surface area contributed by atoms with E-state index in [1.807, 2.05) is 6.21 Å². The lowest BCUT2D eigenvalue weighted by Gasteiger charge is -1.98. The number of benzene rings is 2. The molecule has 17 heavy (non-hydrogen) atoms. The van der Waals surface area contributed by atoms with Crippen molar-refractivity contribution in [2.75, 3.05) is 0 Å². The third kappa shape index (κ3) is 3.56. The first kappa shape index (κ1) is 11.6. The topological polar surface area (TPSA) is 12.4 Å². The van der Waals surface area contributed by atoms with Gasteiger partial charge in [-0.25, -0.2) is 0 Å². The molecule has 0 bridgehead atoms. The molecule has 0 spiro atoms. The van der Waals surface area contributed by atoms with E-state index in [1.54, 1.807) is 0 Å². The van der Waals surface area contributed by atoms with E-state index in [9.17, 15) is 0 Å². The lowest BCUT2D eigenvalue weighted by Crippen LogP contribution is -1.86. The predicted octanol–water partition coefficient (Wildman–Crippen LogP) is 3.92. The summed E-state index contributed by atoms with van der Waals surface area (Å²) >= 11 is 0. The highest BCUT2D eigenvalue weighted by atomic mass is 14.7. The lowest BCUT2D eigenvalue weighted by molar-refractivity contribution is 1.07. The number of rotatable bonds is 3. The summed E-state index contributed by atoms with van der Waals surface area (Å²) in [4.78, 5) is 4.47. The van der Waals surface area contributed by atoms with Crippen LogP contribution in [0, 0.1) is 13.8 Å². The highest BCUT2D eigenvalue weighted by molar-refractivity contribution is 5.79. The van der Waals surface area contributed by atoms with E-state index in [4.69, 9.17) is 0 Å². The maximum atomic E-state index is 4.47. The zero-order valence-corrected chi connectivity index (χ0v) is 10.4. The fourth-order valence-corrected chi connectivity index (χ4v) is 1.82. The second-order valence-electron chi connectivity index (χ2n) is 4.37. The molecule has 0 aliphatic carbocycles. The molecular formula is C16H17N. The average molecular weight is 223 g/mol. The van der Waals surface area contributed by atoms with E-state index in [-0.39, 0.29) is 0 Å². The van der Waals surface area contributed by atoms with Gasteiger partial charge in [0.2, 0.25) is 0 Å². The molecule has 0 saturated carbocycles. The first-order chi connectivity index (χ1) is 8.24. The van der Waals surface area contributed by atoms with Gasteiger partial charge in [0, 0.05) is 6.21 Å². The minimum atomic E-state index is 0.746. The van der Waals surface area contributed by atoms with E-state index >= 15 is 0 Å². The molecule has 0 N–H and O–H groups in total. The summed E-state index contributed by atoms with van der Waals surface area (Å²) in [5, 5.41) is 0. The average Bonchev–Trinajstić information content (AvgIpc) is 2.29. The van der Waals surface area contributed by atoms with Crippen molar-refractivity contribution in [3.05, 3.63) is 70.8 Å². The third-order valence-corrected chi connectivity index (χ3v) is 2.64. The maximum Gasteiger partial charge on any atom is 0.0640 e. The van der Waals surface area contributed by atoms with Gasteiger partial charge in [-0.15, -0.1) is 0 Å². The molecule has 86 valence electrons. The minimum absolute atomic E-state index is 0.746. The number of hydrogen-bond acceptors (Lipinski definition) is 1. The molecule has 0 saturated heterocycles. The van der Waals surface area contributed by atoms with E-state index < -0.39 is 0 Å². The number of nitrogens with zero attached hydrogens (tertiary/aromatic N) is 1. The summed E-state index contributed by atoms with van der Waals surface area (Å²) in [5.74, 6) is 0. The van der Waals surface area contributed by atoms with Crippen molar-refractivity contribution in [2.45, 2.75) is 20.4 Å². The Labute approximate surface area is 103 Å². The summed E-state index contributed by atoms with van der Waals surface area (Å²) in [6, 6.07) is 16.8. The summed E-state index contributed by atoms with van der Waals surface area (Å²) in [5.41, 5.74) is 4.98. The van der Waals surface area contributed by atoms with Crippen LogP contribution < -0.4 is 0 Å². The van der Waals surface area contributed by atoms with Gasteiger partial charge in [-0.05, 0) is 25.0 Å². The Morgan fingerprint density at radius 2 is 1.65 bits per heavy atom. The van der Waals surface area contributed by atoms with E-state index in [1.165, 1.54) is 16.7 Å². The number of hydrogen-bond donors (Lipinski definition) is 0. The van der Waals surface area contributed by atoms with Crippen LogP contribution in [-0.4, -0.2) is 6.21 Å². The van der Waals surface area contributed by atoms with Crippen molar-refractivity contribution in [3.8, 4) is 0 Å². The molecule has 0 unspecified atom stereocenters. The zero-order chi connectivity index (χ0) is 12.1. The highest BCUT2D eigenvalue weighted by Crippen LogP contribution is 2.06. The van der Waals surface area contributed by atoms with E-state index in [2.05, 4.69) is 67.4 Å². The Kier molecular flexibility index (Phi) is 3.71. The van der Waals surface area contributed by atoms with Crippen LogP contribution in [0.3, 0.4) is 0 Å². The smallest absolute Gasteiger partial charge is 0.0640 e. The van der Waals surface area contributed by atoms with E-state index in [0.717, 1.165) is 12.1 Å². The molecule has 1 nitrogen and oxygen atoms in total. The molecule has 0 aromatic heterocycles. The first-order valence-electron chi connectivity index (χ1n) is 5.86. The third-order valence-electron chi connectivity index (χ3n) is 2.64. The van der Waals surface area contributed by atoms with Crippen LogP contribution >= 0.6 is 0 Å². The molecule has 0 heterocycles. The lowest BCUT2D eigenvalue weighted by atomic mass is 10.1. The monoisotopic (exact) mass is 223 g/mol. The zero-order valence-electron chi connectivity index (χ0n) is 10.4. The normalized spacial score (nSPS) is 10.9. The predicted molar refractivity (Wildman–Crippen MR) is 73.7 cm³/mol. The summed E-state index contributed by atoms with van der Waals surface area (Å²) in [7, 11) is 0. The fraction of sp³-hybridized carbons (Fsp3) is 0.188. The van der Waals surface area contributed by atoms with Crippen LogP contribution in [0.15, 0.2) is 53.5 Å². The molecule has 0 aliphatic rings. The highest BCUT2D eigenvalue weighted by Gasteiger charge is 1.91. The van der Waals surface area contributed by atoms with Gasteiger partial charge in [-0.1, -0.05) is 59.7 Å². The SMILES string of the molecule is Cc1cccc(C=NCc2cccc(C)c2)c1. The Hall–Kier alpha value is -1.89. The van der Waals surface area contributed by atoms with Crippen molar-refractivity contribution >= 4 is 6.21 Å². The summed E-state index contributed by atoms with van der Waals surface area (Å²) < 4.78 is 0. The minimum Gasteiger partial charge on any atom is -0.288 e. The van der Waals surface area contributed by atoms with Crippen molar-refractivity contribution in [3.63, 3.8) is 0 Å². The first-order valence-corrected chi connectivity index (χ1v) is 5.86. The van der Waals surface area contributed by atoms with Crippen molar-refractivity contribution in [1.82, 2.24) is 0 Å². The number of aliphatic imine (C=N–C) groups is 1. The van der Waals surface area contributed by atoms with Crippen molar-refractivity contribution in [2.24, 2.45) is 4.99 Å². The van der Waals surface area contributed by atoms with Gasteiger partial charge in [0.25, 0.3) is 0 Å². The Morgan fingerprint density at radius 1 is 0.941 bits per heavy atom. The van der Waals surface area contributed by atoms with Crippen molar-refractivity contribution in [1.29, 1.82) is 0 Å². The van der Waals surface area contributed by atoms with Crippen LogP contribution in [0.25, 0.3) is 0 Å². The van der Waals surface area contributed by atoms with Gasteiger partial charge in [-0.2, -0.15) is 0 Å². The Balaban J connectivity index is 2.03. The van der Waals surface area contributed by atoms with Gasteiger partial charge in [-0.3, -0.25) is 4.99 Å². The Bertz CT molecular complexity index is 527. The van der Waals surface area contributed by atoms with Crippen LogP contribution in [-0.2, 0) is 6.54 Å². The van der Waals surface area contributed by atoms with E-state index in [0.29, 0.717) is 0 Å². The fourth-order valence-electron chi connectivity index (χ4n) is 1.82. The van der Waals surface area contributed by atoms with Gasteiger partial charge < -0.3 is 0 Å². The molecule has 0 amide bonds.